The minimum atomic E-state index is 0.722. The maximum Gasteiger partial charge on any atom is 0.257 e. The molecule has 0 fully saturated rings. The van der Waals surface area contributed by atoms with Crippen molar-refractivity contribution >= 4 is 0 Å². The summed E-state index contributed by atoms with van der Waals surface area (Å²) in [4.78, 5) is 3.57. The lowest BCUT2D eigenvalue weighted by Gasteiger charge is -2.13. The number of unbranched alkanes of at least 4 members (excludes halogenated alkanes) is 27. The summed E-state index contributed by atoms with van der Waals surface area (Å²) < 4.78 is 2.33. The Bertz CT molecular complexity index is 606. The van der Waals surface area contributed by atoms with Crippen molar-refractivity contribution in [1.29, 1.82) is 0 Å². The van der Waals surface area contributed by atoms with Crippen LogP contribution in [0.4, 0.5) is 0 Å². The van der Waals surface area contributed by atoms with Gasteiger partial charge in [-0.3, -0.25) is 0 Å². The first-order valence-corrected chi connectivity index (χ1v) is 18.8. The van der Waals surface area contributed by atoms with Crippen LogP contribution in [0.3, 0.4) is 0 Å². The molecule has 0 unspecified atom stereocenters. The van der Waals surface area contributed by atoms with E-state index in [1.165, 1.54) is 205 Å². The average molecular weight is 560 g/mol. The van der Waals surface area contributed by atoms with Gasteiger partial charge in [0, 0.05) is 0 Å². The Hall–Kier alpha value is -0.790. The normalized spacial score (nSPS) is 12.4. The number of imidazole rings is 1. The molecule has 0 saturated carbocycles. The van der Waals surface area contributed by atoms with Gasteiger partial charge in [-0.2, -0.15) is 0 Å². The molecule has 1 heterocycles. The molecule has 1 aromatic heterocycles. The fourth-order valence-corrected chi connectivity index (χ4v) is 6.59. The molecule has 1 atom stereocenters. The van der Waals surface area contributed by atoms with E-state index < -0.39 is 0 Å². The van der Waals surface area contributed by atoms with E-state index in [4.69, 9.17) is 0 Å². The number of aryl methyl sites for hydroxylation is 1. The van der Waals surface area contributed by atoms with Crippen molar-refractivity contribution in [3.8, 4) is 0 Å². The van der Waals surface area contributed by atoms with Gasteiger partial charge in [-0.05, 0) is 12.8 Å². The molecule has 0 aliphatic carbocycles. The van der Waals surface area contributed by atoms with Crippen molar-refractivity contribution in [3.05, 3.63) is 18.2 Å². The molecule has 1 aromatic rings. The van der Waals surface area contributed by atoms with Gasteiger partial charge in [0.25, 0.3) is 5.82 Å². The fourth-order valence-electron chi connectivity index (χ4n) is 6.59. The zero-order chi connectivity index (χ0) is 28.8. The summed E-state index contributed by atoms with van der Waals surface area (Å²) in [5.74, 6) is 2.18. The molecule has 0 aromatic carbocycles. The van der Waals surface area contributed by atoms with Crippen LogP contribution in [0.25, 0.3) is 0 Å². The van der Waals surface area contributed by atoms with Gasteiger partial charge in [0.05, 0.1) is 13.0 Å². The van der Waals surface area contributed by atoms with Gasteiger partial charge in [0.2, 0.25) is 0 Å². The van der Waals surface area contributed by atoms with Gasteiger partial charge in [-0.1, -0.05) is 200 Å². The Morgan fingerprint density at radius 1 is 0.450 bits per heavy atom. The topological polar surface area (TPSA) is 19.7 Å². The van der Waals surface area contributed by atoms with Crippen LogP contribution in [0.1, 0.15) is 225 Å². The van der Waals surface area contributed by atoms with Gasteiger partial charge in [-0.15, -0.1) is 0 Å². The molecule has 1 rings (SSSR count). The lowest BCUT2D eigenvalue weighted by molar-refractivity contribution is -0.679. The van der Waals surface area contributed by atoms with E-state index in [-0.39, 0.29) is 0 Å². The van der Waals surface area contributed by atoms with Crippen molar-refractivity contribution in [3.63, 3.8) is 0 Å². The lowest BCUT2D eigenvalue weighted by atomic mass is 9.93. The number of hydrogen-bond donors (Lipinski definition) is 1. The highest BCUT2D eigenvalue weighted by atomic mass is 15.0. The molecule has 0 spiro atoms. The highest BCUT2D eigenvalue weighted by Gasteiger charge is 2.20. The predicted octanol–water partition coefficient (Wildman–Crippen LogP) is 13.1. The molecule has 236 valence electrons. The first-order chi connectivity index (χ1) is 19.8. The molecule has 2 heteroatoms. The van der Waals surface area contributed by atoms with Gasteiger partial charge < -0.3 is 0 Å². The maximum atomic E-state index is 3.57. The molecule has 2 nitrogen and oxygen atoms in total. The summed E-state index contributed by atoms with van der Waals surface area (Å²) in [6, 6.07) is 0. The molecule has 1 N–H and O–H groups in total. The lowest BCUT2D eigenvalue weighted by Crippen LogP contribution is -2.32. The van der Waals surface area contributed by atoms with Crippen LogP contribution in [-0.2, 0) is 7.05 Å². The van der Waals surface area contributed by atoms with E-state index in [0.717, 1.165) is 5.92 Å². The quantitative estimate of drug-likeness (QED) is 0.0669. The predicted molar refractivity (Wildman–Crippen MR) is 179 cm³/mol. The number of nitrogens with one attached hydrogen (secondary N) is 1. The van der Waals surface area contributed by atoms with Crippen molar-refractivity contribution in [2.75, 3.05) is 0 Å². The Kier molecular flexibility index (Phi) is 27.6. The third-order valence-corrected chi connectivity index (χ3v) is 9.36. The molecule has 40 heavy (non-hydrogen) atoms. The van der Waals surface area contributed by atoms with Gasteiger partial charge in [0.15, 0.2) is 0 Å². The van der Waals surface area contributed by atoms with E-state index in [2.05, 4.69) is 42.8 Å². The van der Waals surface area contributed by atoms with Crippen molar-refractivity contribution in [2.24, 2.45) is 7.05 Å². The molecule has 0 bridgehead atoms. The molecule has 0 radical (unpaired) electrons. The highest BCUT2D eigenvalue weighted by Crippen LogP contribution is 2.26. The van der Waals surface area contributed by atoms with Crippen molar-refractivity contribution < 1.29 is 4.57 Å². The van der Waals surface area contributed by atoms with Crippen LogP contribution in [0.15, 0.2) is 12.4 Å². The summed E-state index contributed by atoms with van der Waals surface area (Å²) in [6.45, 7) is 4.62. The van der Waals surface area contributed by atoms with Crippen LogP contribution < -0.4 is 4.57 Å². The first kappa shape index (κ1) is 37.2. The van der Waals surface area contributed by atoms with E-state index in [0.29, 0.717) is 0 Å². The van der Waals surface area contributed by atoms with Crippen LogP contribution in [0.5, 0.6) is 0 Å². The van der Waals surface area contributed by atoms with Gasteiger partial charge >= 0.3 is 0 Å². The summed E-state index contributed by atoms with van der Waals surface area (Å²) in [5, 5.41) is 0. The minimum absolute atomic E-state index is 0.722. The SMILES string of the molecule is CCCCCCCCCCCCCCCCCC[C@H](CCCCCCCCCCCCCCC)c1[nH]cc[n+]1C. The standard InChI is InChI=1S/C38H74N2/c1-4-6-8-10-12-14-16-18-19-20-22-24-26-28-30-32-34-37(38-39-35-36-40(38)3)33-31-29-27-25-23-21-17-15-13-11-9-7-5-2/h35-37H,4-34H2,1-3H3/p+1/t37-/m0/s1. The maximum absolute atomic E-state index is 3.57. The van der Waals surface area contributed by atoms with E-state index in [1.54, 1.807) is 0 Å². The van der Waals surface area contributed by atoms with Crippen LogP contribution in [0, 0.1) is 0 Å². The van der Waals surface area contributed by atoms with Crippen molar-refractivity contribution in [1.82, 2.24) is 4.98 Å². The molecular formula is C38H75N2+. The molecular weight excluding hydrogens is 484 g/mol. The average Bonchev–Trinajstić information content (AvgIpc) is 3.39. The molecule has 0 saturated heterocycles. The number of H-pyrrole nitrogens is 1. The smallest absolute Gasteiger partial charge is 0.247 e. The fraction of sp³-hybridized carbons (Fsp3) is 0.921. The monoisotopic (exact) mass is 560 g/mol. The van der Waals surface area contributed by atoms with Crippen molar-refractivity contribution in [2.45, 2.75) is 219 Å². The van der Waals surface area contributed by atoms with Gasteiger partial charge in [-0.25, -0.2) is 9.55 Å². The van der Waals surface area contributed by atoms with Crippen LogP contribution >= 0.6 is 0 Å². The summed E-state index contributed by atoms with van der Waals surface area (Å²) >= 11 is 0. The summed E-state index contributed by atoms with van der Waals surface area (Å²) in [6.07, 6.45) is 49.1. The first-order valence-electron chi connectivity index (χ1n) is 18.8. The molecule has 0 aliphatic heterocycles. The Morgan fingerprint density at radius 3 is 0.975 bits per heavy atom. The zero-order valence-corrected chi connectivity index (χ0v) is 28.1. The van der Waals surface area contributed by atoms with Crippen LogP contribution in [-0.4, -0.2) is 4.98 Å². The molecule has 0 amide bonds. The van der Waals surface area contributed by atoms with E-state index in [9.17, 15) is 0 Å². The highest BCUT2D eigenvalue weighted by molar-refractivity contribution is 4.89. The number of aromatic amines is 1. The van der Waals surface area contributed by atoms with E-state index in [1.807, 2.05) is 0 Å². The second kappa shape index (κ2) is 29.7. The number of aromatic nitrogens is 2. The Balaban J connectivity index is 1.98. The largest absolute Gasteiger partial charge is 0.257 e. The van der Waals surface area contributed by atoms with Gasteiger partial charge in [0.1, 0.15) is 12.4 Å². The third-order valence-electron chi connectivity index (χ3n) is 9.36. The summed E-state index contributed by atoms with van der Waals surface area (Å²) in [7, 11) is 2.22. The third kappa shape index (κ3) is 22.8. The zero-order valence-electron chi connectivity index (χ0n) is 28.1. The Morgan fingerprint density at radius 2 is 0.725 bits per heavy atom. The van der Waals surface area contributed by atoms with E-state index >= 15 is 0 Å². The van der Waals surface area contributed by atoms with Crippen LogP contribution in [0.2, 0.25) is 0 Å². The summed E-state index contributed by atoms with van der Waals surface area (Å²) in [5.41, 5.74) is 0. The molecule has 0 aliphatic rings. The second-order valence-electron chi connectivity index (χ2n) is 13.3. The number of hydrogen-bond acceptors (Lipinski definition) is 0. The number of nitrogens with zero attached hydrogens (tertiary/aromatic N) is 1. The second-order valence-corrected chi connectivity index (χ2v) is 13.3. The Labute approximate surface area is 253 Å². The number of rotatable bonds is 32. The minimum Gasteiger partial charge on any atom is -0.247 e.